The second-order valence-corrected chi connectivity index (χ2v) is 10.4. The molecule has 10 nitrogen and oxygen atoms in total. The number of carbonyl (C=O) groups is 3. The zero-order valence-electron chi connectivity index (χ0n) is 21.8. The van der Waals surface area contributed by atoms with E-state index in [0.717, 1.165) is 5.56 Å². The maximum atomic E-state index is 13.9. The fourth-order valence-electron chi connectivity index (χ4n) is 6.47. The number of hydrogen-bond donors (Lipinski definition) is 5. The van der Waals surface area contributed by atoms with Crippen LogP contribution < -0.4 is 10.5 Å². The Labute approximate surface area is 224 Å². The molecule has 0 aromatic heterocycles. The summed E-state index contributed by atoms with van der Waals surface area (Å²) in [5.41, 5.74) is 3.70. The van der Waals surface area contributed by atoms with Crippen LogP contribution in [0, 0.1) is 11.8 Å². The molecule has 1 fully saturated rings. The molecule has 3 aliphatic carbocycles. The van der Waals surface area contributed by atoms with Crippen LogP contribution in [0.1, 0.15) is 24.5 Å². The first-order chi connectivity index (χ1) is 18.4. The third kappa shape index (κ3) is 3.66. The van der Waals surface area contributed by atoms with E-state index in [1.54, 1.807) is 20.2 Å². The summed E-state index contributed by atoms with van der Waals surface area (Å²) in [5.74, 6) is -6.19. The van der Waals surface area contributed by atoms with Crippen molar-refractivity contribution in [1.29, 1.82) is 0 Å². The predicted octanol–water partition coefficient (Wildman–Crippen LogP) is 2.03. The number of hydrogen-bond acceptors (Lipinski definition) is 9. The number of ketones is 2. The van der Waals surface area contributed by atoms with Crippen molar-refractivity contribution in [2.24, 2.45) is 17.6 Å². The second-order valence-electron chi connectivity index (χ2n) is 10.4. The summed E-state index contributed by atoms with van der Waals surface area (Å²) in [6.07, 6.45) is 0.215. The summed E-state index contributed by atoms with van der Waals surface area (Å²) in [4.78, 5) is 40.8. The lowest BCUT2D eigenvalue weighted by molar-refractivity contribution is -0.153. The van der Waals surface area contributed by atoms with Crippen LogP contribution in [0.15, 0.2) is 53.3 Å². The molecule has 39 heavy (non-hydrogen) atoms. The molecule has 2 aromatic carbocycles. The molecule has 6 N–H and O–H groups in total. The van der Waals surface area contributed by atoms with Crippen molar-refractivity contribution in [3.05, 3.63) is 64.4 Å². The second kappa shape index (κ2) is 9.25. The van der Waals surface area contributed by atoms with Crippen molar-refractivity contribution in [2.45, 2.75) is 31.4 Å². The zero-order chi connectivity index (χ0) is 28.4. The van der Waals surface area contributed by atoms with Crippen molar-refractivity contribution in [3.63, 3.8) is 0 Å². The van der Waals surface area contributed by atoms with E-state index < -0.39 is 58.0 Å². The predicted molar refractivity (Wildman–Crippen MR) is 141 cm³/mol. The normalized spacial score (nSPS) is 26.3. The fraction of sp³-hybridized carbons (Fsp3) is 0.345. The maximum Gasteiger partial charge on any atom is 0.255 e. The molecule has 3 aliphatic rings. The highest BCUT2D eigenvalue weighted by Crippen LogP contribution is 2.54. The number of aliphatic hydroxyl groups excluding tert-OH is 2. The van der Waals surface area contributed by atoms with Gasteiger partial charge in [-0.2, -0.15) is 0 Å². The average Bonchev–Trinajstić information content (AvgIpc) is 2.87. The molecule has 0 spiro atoms. The number of benzene rings is 2. The molecule has 0 bridgehead atoms. The van der Waals surface area contributed by atoms with Gasteiger partial charge >= 0.3 is 0 Å². The van der Waals surface area contributed by atoms with Gasteiger partial charge in [-0.1, -0.05) is 24.3 Å². The highest BCUT2D eigenvalue weighted by atomic mass is 16.5. The molecule has 5 rings (SSSR count). The first-order valence-corrected chi connectivity index (χ1v) is 12.7. The van der Waals surface area contributed by atoms with Gasteiger partial charge in [0.15, 0.2) is 11.4 Å². The monoisotopic (exact) mass is 534 g/mol. The summed E-state index contributed by atoms with van der Waals surface area (Å²) >= 11 is 0. The third-order valence-corrected chi connectivity index (χ3v) is 8.08. The number of amides is 1. The molecule has 0 unspecified atom stereocenters. The zero-order valence-corrected chi connectivity index (χ0v) is 21.8. The van der Waals surface area contributed by atoms with Gasteiger partial charge in [0.2, 0.25) is 5.78 Å². The number of nitrogens with zero attached hydrogens (tertiary/aromatic N) is 1. The van der Waals surface area contributed by atoms with Crippen LogP contribution in [0.3, 0.4) is 0 Å². The lowest BCUT2D eigenvalue weighted by Crippen LogP contribution is -2.65. The van der Waals surface area contributed by atoms with Crippen LogP contribution >= 0.6 is 0 Å². The quantitative estimate of drug-likeness (QED) is 0.360. The van der Waals surface area contributed by atoms with E-state index in [-0.39, 0.29) is 29.7 Å². The summed E-state index contributed by atoms with van der Waals surface area (Å²) in [6.45, 7) is 2.28. The minimum absolute atomic E-state index is 0.0218. The topological polar surface area (TPSA) is 171 Å². The fourth-order valence-corrected chi connectivity index (χ4v) is 6.47. The van der Waals surface area contributed by atoms with Gasteiger partial charge in [0, 0.05) is 17.1 Å². The third-order valence-electron chi connectivity index (χ3n) is 8.08. The molecule has 0 saturated heterocycles. The highest BCUT2D eigenvalue weighted by molar-refractivity contribution is 6.24. The number of likely N-dealkylation sites (N-methyl/N-ethyl adjacent to an activating group) is 1. The first kappa shape index (κ1) is 26.5. The number of para-hydroxylation sites is 1. The van der Waals surface area contributed by atoms with Crippen LogP contribution in [0.4, 0.5) is 0 Å². The number of ether oxygens (including phenoxy) is 1. The Hall–Kier alpha value is -4.15. The number of aromatic hydroxyl groups is 1. The van der Waals surface area contributed by atoms with E-state index in [9.17, 15) is 34.8 Å². The Kier molecular flexibility index (Phi) is 6.27. The van der Waals surface area contributed by atoms with Crippen molar-refractivity contribution in [3.8, 4) is 22.6 Å². The smallest absolute Gasteiger partial charge is 0.255 e. The summed E-state index contributed by atoms with van der Waals surface area (Å²) < 4.78 is 5.80. The van der Waals surface area contributed by atoms with Crippen molar-refractivity contribution in [1.82, 2.24) is 4.90 Å². The van der Waals surface area contributed by atoms with Crippen LogP contribution in [0.5, 0.6) is 11.5 Å². The lowest BCUT2D eigenvalue weighted by Gasteiger charge is -2.50. The molecule has 0 aliphatic heterocycles. The van der Waals surface area contributed by atoms with Crippen LogP contribution in [0.2, 0.25) is 0 Å². The van der Waals surface area contributed by atoms with Gasteiger partial charge in [0.1, 0.15) is 28.6 Å². The number of primary amides is 1. The van der Waals surface area contributed by atoms with Crippen LogP contribution in [-0.2, 0) is 20.8 Å². The standard InChI is InChI=1S/C29H30N2O8/c1-4-39-19-8-6-5-7-15(19)14-9-10-18(32)21-16(14)11-13-12-17-23(31(2)3)25(34)22(28(30)37)27(36)29(17,38)26(35)20(13)24(21)33/h5-10,13,17,23,32-33,36,38H,4,11-12H2,1-3H3,(H2,30,37)/t13-,17-,23-,29-/m0/s1. The molecule has 1 amide bonds. The summed E-state index contributed by atoms with van der Waals surface area (Å²) in [5, 5.41) is 44.9. The number of rotatable bonds is 5. The Morgan fingerprint density at radius 3 is 2.44 bits per heavy atom. The van der Waals surface area contributed by atoms with Crippen LogP contribution in [-0.4, -0.2) is 75.1 Å². The van der Waals surface area contributed by atoms with Gasteiger partial charge in [-0.05, 0) is 63.0 Å². The molecule has 10 heteroatoms. The van der Waals surface area contributed by atoms with Crippen molar-refractivity contribution in [2.75, 3.05) is 20.7 Å². The number of fused-ring (bicyclic) bond motifs is 3. The van der Waals surface area contributed by atoms with Gasteiger partial charge in [-0.3, -0.25) is 19.3 Å². The SMILES string of the molecule is CCOc1ccccc1-c1ccc(O)c2c1C[C@H]1C[C@H]3[C@H](N(C)C)C(=O)C(C(N)=O)=C(O)[C@@]3(O)C(=O)C1=C2O. The van der Waals surface area contributed by atoms with E-state index in [2.05, 4.69) is 0 Å². The van der Waals surface area contributed by atoms with Gasteiger partial charge in [-0.15, -0.1) is 0 Å². The van der Waals surface area contributed by atoms with Gasteiger partial charge in [-0.25, -0.2) is 0 Å². The Bertz CT molecular complexity index is 1490. The number of phenolic OH excluding ortho intramolecular Hbond substituents is 1. The lowest BCUT2D eigenvalue weighted by atomic mass is 9.57. The molecular formula is C29H30N2O8. The van der Waals surface area contributed by atoms with Crippen LogP contribution in [0.25, 0.3) is 16.9 Å². The average molecular weight is 535 g/mol. The van der Waals surface area contributed by atoms with Crippen molar-refractivity contribution < 1.29 is 39.5 Å². The molecule has 0 radical (unpaired) electrons. The highest BCUT2D eigenvalue weighted by Gasteiger charge is 2.64. The minimum atomic E-state index is -2.67. The number of Topliss-reactive ketones (excluding diaryl/α,β-unsaturated/α-hetero) is 2. The molecule has 204 valence electrons. The number of carbonyl (C=O) groups excluding carboxylic acids is 3. The van der Waals surface area contributed by atoms with Crippen molar-refractivity contribution >= 4 is 23.2 Å². The Morgan fingerprint density at radius 1 is 1.10 bits per heavy atom. The molecule has 0 heterocycles. The maximum absolute atomic E-state index is 13.9. The Balaban J connectivity index is 1.74. The number of aliphatic hydroxyl groups is 3. The molecular weight excluding hydrogens is 504 g/mol. The summed E-state index contributed by atoms with van der Waals surface area (Å²) in [6, 6.07) is 9.33. The van der Waals surface area contributed by atoms with E-state index in [1.807, 2.05) is 31.2 Å². The number of nitrogens with two attached hydrogens (primary N) is 1. The van der Waals surface area contributed by atoms with E-state index in [1.165, 1.54) is 11.0 Å². The molecule has 1 saturated carbocycles. The van der Waals surface area contributed by atoms with Gasteiger partial charge < -0.3 is 30.9 Å². The molecule has 2 aromatic rings. The largest absolute Gasteiger partial charge is 0.508 e. The van der Waals surface area contributed by atoms with Gasteiger partial charge in [0.05, 0.1) is 18.2 Å². The first-order valence-electron chi connectivity index (χ1n) is 12.7. The van der Waals surface area contributed by atoms with Gasteiger partial charge in [0.25, 0.3) is 5.91 Å². The number of phenols is 1. The minimum Gasteiger partial charge on any atom is -0.508 e. The summed E-state index contributed by atoms with van der Waals surface area (Å²) in [7, 11) is 3.13. The van der Waals surface area contributed by atoms with E-state index in [0.29, 0.717) is 23.5 Å². The van der Waals surface area contributed by atoms with E-state index >= 15 is 0 Å². The molecule has 4 atom stereocenters. The Morgan fingerprint density at radius 2 is 1.79 bits per heavy atom. The van der Waals surface area contributed by atoms with E-state index in [4.69, 9.17) is 10.5 Å².